The smallest absolute Gasteiger partial charge is 0.131 e. The summed E-state index contributed by atoms with van der Waals surface area (Å²) in [6, 6.07) is 21.1. The highest BCUT2D eigenvalue weighted by atomic mass is 35.5. The molecule has 0 atom stereocenters. The molecule has 3 rings (SSSR count). The van der Waals surface area contributed by atoms with Crippen LogP contribution in [0.15, 0.2) is 66.7 Å². The first kappa shape index (κ1) is 14.8. The van der Waals surface area contributed by atoms with Crippen LogP contribution >= 0.6 is 11.6 Å². The van der Waals surface area contributed by atoms with Crippen molar-refractivity contribution in [3.63, 3.8) is 0 Å². The van der Waals surface area contributed by atoms with Gasteiger partial charge in [0, 0.05) is 10.6 Å². The highest BCUT2D eigenvalue weighted by Crippen LogP contribution is 2.27. The fourth-order valence-corrected chi connectivity index (χ4v) is 2.62. The number of halogens is 2. The summed E-state index contributed by atoms with van der Waals surface area (Å²) >= 11 is 5.90. The van der Waals surface area contributed by atoms with E-state index in [0.29, 0.717) is 5.56 Å². The maximum atomic E-state index is 14.2. The standard InChI is InChI=1S/C20H16ClF/c1-2-14-3-12-19(20(22)13-14)17-6-4-15(5-7-17)16-8-10-18(21)11-9-16/h3-13H,2H2,1H3. The van der Waals surface area contributed by atoms with Crippen LogP contribution in [0.1, 0.15) is 12.5 Å². The molecule has 0 heterocycles. The van der Waals surface area contributed by atoms with Gasteiger partial charge in [-0.2, -0.15) is 0 Å². The second kappa shape index (κ2) is 6.33. The summed E-state index contributed by atoms with van der Waals surface area (Å²) in [5.74, 6) is -0.168. The van der Waals surface area contributed by atoms with Crippen molar-refractivity contribution < 1.29 is 4.39 Å². The number of hydrogen-bond acceptors (Lipinski definition) is 0. The molecule has 0 bridgehead atoms. The van der Waals surface area contributed by atoms with Crippen molar-refractivity contribution in [1.82, 2.24) is 0 Å². The van der Waals surface area contributed by atoms with Gasteiger partial charge in [0.05, 0.1) is 0 Å². The molecule has 0 fully saturated rings. The van der Waals surface area contributed by atoms with E-state index < -0.39 is 0 Å². The highest BCUT2D eigenvalue weighted by Gasteiger charge is 2.06. The quantitative estimate of drug-likeness (QED) is 0.527. The van der Waals surface area contributed by atoms with Crippen LogP contribution in [0.5, 0.6) is 0 Å². The number of benzene rings is 3. The van der Waals surface area contributed by atoms with Crippen molar-refractivity contribution in [2.75, 3.05) is 0 Å². The van der Waals surface area contributed by atoms with E-state index in [1.807, 2.05) is 67.6 Å². The third kappa shape index (κ3) is 3.05. The Morgan fingerprint density at radius 2 is 1.32 bits per heavy atom. The summed E-state index contributed by atoms with van der Waals surface area (Å²) in [4.78, 5) is 0. The fraction of sp³-hybridized carbons (Fsp3) is 0.100. The lowest BCUT2D eigenvalue weighted by Crippen LogP contribution is -1.88. The van der Waals surface area contributed by atoms with E-state index in [-0.39, 0.29) is 5.82 Å². The van der Waals surface area contributed by atoms with Gasteiger partial charge in [-0.15, -0.1) is 0 Å². The van der Waals surface area contributed by atoms with Gasteiger partial charge < -0.3 is 0 Å². The number of aryl methyl sites for hydroxylation is 1. The zero-order chi connectivity index (χ0) is 15.5. The molecule has 0 saturated carbocycles. The fourth-order valence-electron chi connectivity index (χ4n) is 2.50. The van der Waals surface area contributed by atoms with Gasteiger partial charge in [0.1, 0.15) is 5.82 Å². The van der Waals surface area contributed by atoms with Gasteiger partial charge >= 0.3 is 0 Å². The van der Waals surface area contributed by atoms with Crippen LogP contribution in [0.25, 0.3) is 22.3 Å². The largest absolute Gasteiger partial charge is 0.206 e. The van der Waals surface area contributed by atoms with Gasteiger partial charge in [0.25, 0.3) is 0 Å². The molecule has 0 aliphatic carbocycles. The molecule has 0 amide bonds. The van der Waals surface area contributed by atoms with Crippen LogP contribution in [0, 0.1) is 5.82 Å². The number of hydrogen-bond donors (Lipinski definition) is 0. The Kier molecular flexibility index (Phi) is 4.26. The molecule has 0 saturated heterocycles. The van der Waals surface area contributed by atoms with Crippen LogP contribution < -0.4 is 0 Å². The van der Waals surface area contributed by atoms with Gasteiger partial charge in [0.15, 0.2) is 0 Å². The topological polar surface area (TPSA) is 0 Å². The van der Waals surface area contributed by atoms with Crippen LogP contribution in [0.4, 0.5) is 4.39 Å². The molecule has 0 spiro atoms. The molecule has 22 heavy (non-hydrogen) atoms. The molecule has 0 radical (unpaired) electrons. The van der Waals surface area contributed by atoms with E-state index in [0.717, 1.165) is 33.7 Å². The highest BCUT2D eigenvalue weighted by molar-refractivity contribution is 6.30. The van der Waals surface area contributed by atoms with Gasteiger partial charge in [0.2, 0.25) is 0 Å². The Hall–Kier alpha value is -2.12. The Labute approximate surface area is 135 Å². The third-order valence-corrected chi connectivity index (χ3v) is 4.07. The number of rotatable bonds is 3. The first-order chi connectivity index (χ1) is 10.7. The monoisotopic (exact) mass is 310 g/mol. The van der Waals surface area contributed by atoms with E-state index >= 15 is 0 Å². The molecule has 0 N–H and O–H groups in total. The molecule has 0 aromatic heterocycles. The second-order valence-corrected chi connectivity index (χ2v) is 5.69. The molecule has 110 valence electrons. The first-order valence-corrected chi connectivity index (χ1v) is 7.70. The average Bonchev–Trinajstić information content (AvgIpc) is 2.56. The molecule has 3 aromatic carbocycles. The molecular formula is C20H16ClF. The minimum atomic E-state index is -0.168. The predicted molar refractivity (Wildman–Crippen MR) is 91.7 cm³/mol. The van der Waals surface area contributed by atoms with Gasteiger partial charge in [-0.3, -0.25) is 0 Å². The zero-order valence-electron chi connectivity index (χ0n) is 12.3. The van der Waals surface area contributed by atoms with Crippen molar-refractivity contribution in [1.29, 1.82) is 0 Å². The maximum absolute atomic E-state index is 14.2. The Balaban J connectivity index is 1.92. The minimum Gasteiger partial charge on any atom is -0.206 e. The predicted octanol–water partition coefficient (Wildman–Crippen LogP) is 6.38. The first-order valence-electron chi connectivity index (χ1n) is 7.32. The van der Waals surface area contributed by atoms with E-state index in [1.165, 1.54) is 0 Å². The summed E-state index contributed by atoms with van der Waals surface area (Å²) in [5.41, 5.74) is 4.72. The molecule has 0 aliphatic heterocycles. The minimum absolute atomic E-state index is 0.168. The Morgan fingerprint density at radius 1 is 0.773 bits per heavy atom. The normalized spacial score (nSPS) is 10.7. The van der Waals surface area contributed by atoms with Crippen molar-refractivity contribution in [2.24, 2.45) is 0 Å². The van der Waals surface area contributed by atoms with Crippen LogP contribution in [0.3, 0.4) is 0 Å². The van der Waals surface area contributed by atoms with Crippen molar-refractivity contribution in [3.05, 3.63) is 83.1 Å². The van der Waals surface area contributed by atoms with Crippen molar-refractivity contribution in [2.45, 2.75) is 13.3 Å². The Morgan fingerprint density at radius 3 is 1.86 bits per heavy atom. The lowest BCUT2D eigenvalue weighted by Gasteiger charge is -2.07. The van der Waals surface area contributed by atoms with E-state index in [1.54, 1.807) is 6.07 Å². The summed E-state index contributed by atoms with van der Waals surface area (Å²) in [6.45, 7) is 2.02. The van der Waals surface area contributed by atoms with Gasteiger partial charge in [-0.25, -0.2) is 4.39 Å². The summed E-state index contributed by atoms with van der Waals surface area (Å²) in [6.07, 6.45) is 0.840. The lowest BCUT2D eigenvalue weighted by molar-refractivity contribution is 0.629. The summed E-state index contributed by atoms with van der Waals surface area (Å²) in [5, 5.41) is 0.721. The van der Waals surface area contributed by atoms with Crippen LogP contribution in [-0.2, 0) is 6.42 Å². The van der Waals surface area contributed by atoms with E-state index in [2.05, 4.69) is 0 Å². The summed E-state index contributed by atoms with van der Waals surface area (Å²) < 4.78 is 14.2. The molecule has 0 aliphatic rings. The van der Waals surface area contributed by atoms with Crippen LogP contribution in [0.2, 0.25) is 5.02 Å². The Bertz CT molecular complexity index is 774. The molecule has 3 aromatic rings. The van der Waals surface area contributed by atoms with E-state index in [4.69, 9.17) is 11.6 Å². The SMILES string of the molecule is CCc1ccc(-c2ccc(-c3ccc(Cl)cc3)cc2)c(F)c1. The lowest BCUT2D eigenvalue weighted by atomic mass is 9.99. The van der Waals surface area contributed by atoms with Crippen LogP contribution in [-0.4, -0.2) is 0 Å². The van der Waals surface area contributed by atoms with Gasteiger partial charge in [-0.1, -0.05) is 67.1 Å². The average molecular weight is 311 g/mol. The second-order valence-electron chi connectivity index (χ2n) is 5.25. The van der Waals surface area contributed by atoms with E-state index in [9.17, 15) is 4.39 Å². The molecular weight excluding hydrogens is 295 g/mol. The van der Waals surface area contributed by atoms with Crippen molar-refractivity contribution >= 4 is 11.6 Å². The molecule has 0 unspecified atom stereocenters. The third-order valence-electron chi connectivity index (χ3n) is 3.82. The van der Waals surface area contributed by atoms with Gasteiger partial charge in [-0.05, 0) is 46.9 Å². The maximum Gasteiger partial charge on any atom is 0.131 e. The zero-order valence-corrected chi connectivity index (χ0v) is 13.1. The molecule has 0 nitrogen and oxygen atoms in total. The summed E-state index contributed by atoms with van der Waals surface area (Å²) in [7, 11) is 0. The molecule has 2 heteroatoms. The van der Waals surface area contributed by atoms with Crippen molar-refractivity contribution in [3.8, 4) is 22.3 Å².